The molecule has 1 rings (SSSR count). The molecule has 0 aromatic heterocycles. The normalized spacial score (nSPS) is 20.5. The van der Waals surface area contributed by atoms with Gasteiger partial charge in [-0.1, -0.05) is 0 Å². The molecular weight excluding hydrogens is 256 g/mol. The summed E-state index contributed by atoms with van der Waals surface area (Å²) in [6, 6.07) is -0.419. The van der Waals surface area contributed by atoms with Crippen LogP contribution in [0.2, 0.25) is 0 Å². The van der Waals surface area contributed by atoms with Crippen LogP contribution in [0.4, 0.5) is 4.79 Å². The Hall–Kier alpha value is -1.26. The minimum atomic E-state index is -0.542. The molecule has 1 heterocycles. The van der Waals surface area contributed by atoms with Gasteiger partial charge in [0.1, 0.15) is 11.6 Å². The molecule has 116 valence electrons. The molecule has 1 fully saturated rings. The topological polar surface area (TPSA) is 58.6 Å². The van der Waals surface area contributed by atoms with E-state index in [1.165, 1.54) is 0 Å². The Bertz CT molecular complexity index is 330. The standard InChI is InChI=1S/C15H28N2O3/c1-14(2,3)16-12(18)11-9-7-8-10-17(11)13(19)20-15(4,5)6/h11H,7-10H2,1-6H3,(H,16,18). The van der Waals surface area contributed by atoms with E-state index in [0.717, 1.165) is 12.8 Å². The van der Waals surface area contributed by atoms with E-state index in [0.29, 0.717) is 13.0 Å². The maximum absolute atomic E-state index is 12.3. The Morgan fingerprint density at radius 1 is 1.10 bits per heavy atom. The summed E-state index contributed by atoms with van der Waals surface area (Å²) in [5.41, 5.74) is -0.840. The van der Waals surface area contributed by atoms with Gasteiger partial charge in [0.05, 0.1) is 0 Å². The van der Waals surface area contributed by atoms with Gasteiger partial charge >= 0.3 is 6.09 Å². The minimum Gasteiger partial charge on any atom is -0.444 e. The SMILES string of the molecule is CC(C)(C)NC(=O)C1CCCCN1C(=O)OC(C)(C)C. The van der Waals surface area contributed by atoms with Crippen molar-refractivity contribution in [1.29, 1.82) is 0 Å². The fraction of sp³-hybridized carbons (Fsp3) is 0.867. The van der Waals surface area contributed by atoms with Gasteiger partial charge in [-0.2, -0.15) is 0 Å². The fourth-order valence-corrected chi connectivity index (χ4v) is 2.20. The van der Waals surface area contributed by atoms with Crippen molar-refractivity contribution in [3.05, 3.63) is 0 Å². The van der Waals surface area contributed by atoms with Crippen molar-refractivity contribution in [3.63, 3.8) is 0 Å². The third-order valence-electron chi connectivity index (χ3n) is 2.93. The Labute approximate surface area is 122 Å². The Kier molecular flexibility index (Phi) is 5.05. The lowest BCUT2D eigenvalue weighted by atomic mass is 10.00. The van der Waals surface area contributed by atoms with Crippen molar-refractivity contribution in [2.24, 2.45) is 0 Å². The van der Waals surface area contributed by atoms with Crippen LogP contribution in [0.1, 0.15) is 60.8 Å². The second-order valence-corrected chi connectivity index (χ2v) is 7.42. The predicted octanol–water partition coefficient (Wildman–Crippen LogP) is 2.69. The quantitative estimate of drug-likeness (QED) is 0.805. The molecule has 0 bridgehead atoms. The van der Waals surface area contributed by atoms with Crippen molar-refractivity contribution in [3.8, 4) is 0 Å². The molecular formula is C15H28N2O3. The number of ether oxygens (including phenoxy) is 1. The summed E-state index contributed by atoms with van der Waals surface area (Å²) in [6.07, 6.45) is 2.17. The van der Waals surface area contributed by atoms with Crippen LogP contribution >= 0.6 is 0 Å². The number of hydrogen-bond donors (Lipinski definition) is 1. The second kappa shape index (κ2) is 6.02. The van der Waals surface area contributed by atoms with E-state index in [-0.39, 0.29) is 11.4 Å². The van der Waals surface area contributed by atoms with Crippen LogP contribution in [-0.2, 0) is 9.53 Å². The molecule has 0 radical (unpaired) electrons. The molecule has 1 N–H and O–H groups in total. The summed E-state index contributed by atoms with van der Waals surface area (Å²) < 4.78 is 5.39. The monoisotopic (exact) mass is 284 g/mol. The van der Waals surface area contributed by atoms with Crippen LogP contribution in [0.3, 0.4) is 0 Å². The number of hydrogen-bond acceptors (Lipinski definition) is 3. The van der Waals surface area contributed by atoms with Crippen molar-refractivity contribution in [2.45, 2.75) is 78.0 Å². The number of carbonyl (C=O) groups is 2. The van der Waals surface area contributed by atoms with Gasteiger partial charge < -0.3 is 10.1 Å². The average Bonchev–Trinajstić information content (AvgIpc) is 2.24. The molecule has 1 atom stereocenters. The zero-order chi connectivity index (χ0) is 15.6. The minimum absolute atomic E-state index is 0.0944. The number of rotatable bonds is 1. The zero-order valence-electron chi connectivity index (χ0n) is 13.6. The van der Waals surface area contributed by atoms with E-state index in [1.807, 2.05) is 41.5 Å². The lowest BCUT2D eigenvalue weighted by Gasteiger charge is -2.37. The molecule has 20 heavy (non-hydrogen) atoms. The highest BCUT2D eigenvalue weighted by Crippen LogP contribution is 2.21. The molecule has 0 spiro atoms. The van der Waals surface area contributed by atoms with Crippen molar-refractivity contribution < 1.29 is 14.3 Å². The predicted molar refractivity (Wildman–Crippen MR) is 78.5 cm³/mol. The molecule has 2 amide bonds. The van der Waals surface area contributed by atoms with Gasteiger partial charge in [-0.15, -0.1) is 0 Å². The molecule has 0 aromatic carbocycles. The van der Waals surface area contributed by atoms with Gasteiger partial charge in [-0.05, 0) is 60.8 Å². The lowest BCUT2D eigenvalue weighted by Crippen LogP contribution is -2.56. The number of nitrogens with zero attached hydrogens (tertiary/aromatic N) is 1. The summed E-state index contributed by atoms with van der Waals surface area (Å²) in [4.78, 5) is 26.1. The van der Waals surface area contributed by atoms with Crippen molar-refractivity contribution in [1.82, 2.24) is 10.2 Å². The number of nitrogens with one attached hydrogen (secondary N) is 1. The van der Waals surface area contributed by atoms with E-state index in [1.54, 1.807) is 4.90 Å². The van der Waals surface area contributed by atoms with E-state index >= 15 is 0 Å². The van der Waals surface area contributed by atoms with Gasteiger partial charge in [0.2, 0.25) is 5.91 Å². The zero-order valence-corrected chi connectivity index (χ0v) is 13.6. The van der Waals surface area contributed by atoms with Gasteiger partial charge in [0, 0.05) is 12.1 Å². The van der Waals surface area contributed by atoms with Crippen LogP contribution in [-0.4, -0.2) is 40.6 Å². The van der Waals surface area contributed by atoms with E-state index in [4.69, 9.17) is 4.74 Å². The highest BCUT2D eigenvalue weighted by molar-refractivity contribution is 5.86. The first-order valence-electron chi connectivity index (χ1n) is 7.31. The lowest BCUT2D eigenvalue weighted by molar-refractivity contribution is -0.129. The van der Waals surface area contributed by atoms with Gasteiger partial charge in [0.15, 0.2) is 0 Å². The van der Waals surface area contributed by atoms with E-state index in [9.17, 15) is 9.59 Å². The van der Waals surface area contributed by atoms with Crippen molar-refractivity contribution >= 4 is 12.0 Å². The van der Waals surface area contributed by atoms with Crippen LogP contribution in [0, 0.1) is 0 Å². The first-order valence-corrected chi connectivity index (χ1v) is 7.31. The molecule has 0 aromatic rings. The van der Waals surface area contributed by atoms with Crippen LogP contribution in [0.15, 0.2) is 0 Å². The highest BCUT2D eigenvalue weighted by atomic mass is 16.6. The maximum Gasteiger partial charge on any atom is 0.410 e. The second-order valence-electron chi connectivity index (χ2n) is 7.42. The fourth-order valence-electron chi connectivity index (χ4n) is 2.20. The smallest absolute Gasteiger partial charge is 0.410 e. The third-order valence-corrected chi connectivity index (χ3v) is 2.93. The number of carbonyl (C=O) groups excluding carboxylic acids is 2. The number of likely N-dealkylation sites (tertiary alicyclic amines) is 1. The van der Waals surface area contributed by atoms with Gasteiger partial charge in [-0.3, -0.25) is 9.69 Å². The Balaban J connectivity index is 2.76. The number of piperidine rings is 1. The van der Waals surface area contributed by atoms with Crippen LogP contribution in [0.25, 0.3) is 0 Å². The summed E-state index contributed by atoms with van der Waals surface area (Å²) in [5, 5.41) is 2.95. The highest BCUT2D eigenvalue weighted by Gasteiger charge is 2.35. The largest absolute Gasteiger partial charge is 0.444 e. The third kappa shape index (κ3) is 5.39. The molecule has 1 saturated heterocycles. The van der Waals surface area contributed by atoms with Crippen LogP contribution in [0.5, 0.6) is 0 Å². The molecule has 1 aliphatic rings. The summed E-state index contributed by atoms with van der Waals surface area (Å²) >= 11 is 0. The summed E-state index contributed by atoms with van der Waals surface area (Å²) in [7, 11) is 0. The molecule has 1 aliphatic heterocycles. The summed E-state index contributed by atoms with van der Waals surface area (Å²) in [5.74, 6) is -0.0944. The molecule has 5 heteroatoms. The molecule has 5 nitrogen and oxygen atoms in total. The first-order chi connectivity index (χ1) is 8.99. The number of amides is 2. The Morgan fingerprint density at radius 2 is 1.70 bits per heavy atom. The van der Waals surface area contributed by atoms with Gasteiger partial charge in [-0.25, -0.2) is 4.79 Å². The van der Waals surface area contributed by atoms with Crippen molar-refractivity contribution in [2.75, 3.05) is 6.54 Å². The van der Waals surface area contributed by atoms with Crippen LogP contribution < -0.4 is 5.32 Å². The maximum atomic E-state index is 12.3. The Morgan fingerprint density at radius 3 is 2.20 bits per heavy atom. The molecule has 0 aliphatic carbocycles. The summed E-state index contributed by atoms with van der Waals surface area (Å²) in [6.45, 7) is 11.9. The van der Waals surface area contributed by atoms with E-state index in [2.05, 4.69) is 5.32 Å². The van der Waals surface area contributed by atoms with E-state index < -0.39 is 17.7 Å². The molecule has 0 saturated carbocycles. The average molecular weight is 284 g/mol. The first kappa shape index (κ1) is 16.8. The molecule has 1 unspecified atom stereocenters. The van der Waals surface area contributed by atoms with Gasteiger partial charge in [0.25, 0.3) is 0 Å².